The number of aryl methyl sites for hydroxylation is 1. The summed E-state index contributed by atoms with van der Waals surface area (Å²) in [5.74, 6) is 1.22. The lowest BCUT2D eigenvalue weighted by molar-refractivity contribution is -0.0156. The molecular weight excluding hydrogens is 268 g/mol. The average molecular weight is 292 g/mol. The van der Waals surface area contributed by atoms with Gasteiger partial charge in [-0.05, 0) is 26.0 Å². The largest absolute Gasteiger partial charge is 0.469 e. The average Bonchev–Trinajstić information content (AvgIpc) is 3.11. The third kappa shape index (κ3) is 2.49. The highest BCUT2D eigenvalue weighted by atomic mass is 16.5. The molecule has 0 saturated carbocycles. The van der Waals surface area contributed by atoms with Crippen LogP contribution in [0.4, 0.5) is 0 Å². The number of carbonyl (C=O) groups is 1. The zero-order chi connectivity index (χ0) is 15.0. The van der Waals surface area contributed by atoms with E-state index in [4.69, 9.17) is 9.15 Å². The number of fused-ring (bicyclic) bond motifs is 1. The van der Waals surface area contributed by atoms with Crippen LogP contribution in [0.3, 0.4) is 0 Å². The van der Waals surface area contributed by atoms with Crippen molar-refractivity contribution in [2.75, 3.05) is 33.3 Å². The Morgan fingerprint density at radius 2 is 2.29 bits per heavy atom. The SMILES string of the molecule is CCN1C[C@H]2[C@@H](C1)N(C(=O)c1ccoc1C)CC[C@H]2OC. The van der Waals surface area contributed by atoms with Crippen LogP contribution in [0.1, 0.15) is 29.5 Å². The number of likely N-dealkylation sites (N-methyl/N-ethyl adjacent to an activating group) is 1. The summed E-state index contributed by atoms with van der Waals surface area (Å²) in [6.07, 6.45) is 2.77. The predicted octanol–water partition coefficient (Wildman–Crippen LogP) is 1.77. The molecule has 0 bridgehead atoms. The van der Waals surface area contributed by atoms with Gasteiger partial charge >= 0.3 is 0 Å². The third-order valence-electron chi connectivity index (χ3n) is 5.04. The molecule has 0 aromatic carbocycles. The fourth-order valence-electron chi connectivity index (χ4n) is 3.80. The second-order valence-electron chi connectivity index (χ2n) is 6.04. The molecule has 2 fully saturated rings. The Bertz CT molecular complexity index is 513. The number of hydrogen-bond donors (Lipinski definition) is 0. The monoisotopic (exact) mass is 292 g/mol. The van der Waals surface area contributed by atoms with E-state index in [-0.39, 0.29) is 18.1 Å². The van der Waals surface area contributed by atoms with Crippen molar-refractivity contribution in [1.29, 1.82) is 0 Å². The van der Waals surface area contributed by atoms with Crippen LogP contribution in [0.2, 0.25) is 0 Å². The molecule has 0 unspecified atom stereocenters. The Kier molecular flexibility index (Phi) is 4.04. The highest BCUT2D eigenvalue weighted by Crippen LogP contribution is 2.33. The van der Waals surface area contributed by atoms with Gasteiger partial charge in [0.05, 0.1) is 24.0 Å². The van der Waals surface area contributed by atoms with E-state index in [9.17, 15) is 4.79 Å². The molecule has 3 atom stereocenters. The van der Waals surface area contributed by atoms with Gasteiger partial charge in [-0.2, -0.15) is 0 Å². The second kappa shape index (κ2) is 5.81. The highest BCUT2D eigenvalue weighted by Gasteiger charge is 2.45. The highest BCUT2D eigenvalue weighted by molar-refractivity contribution is 5.95. The van der Waals surface area contributed by atoms with Crippen molar-refractivity contribution in [3.05, 3.63) is 23.7 Å². The molecule has 116 valence electrons. The second-order valence-corrected chi connectivity index (χ2v) is 6.04. The molecular formula is C16H24N2O3. The number of hydrogen-bond acceptors (Lipinski definition) is 4. The molecule has 1 aromatic heterocycles. The van der Waals surface area contributed by atoms with Crippen molar-refractivity contribution in [1.82, 2.24) is 9.80 Å². The predicted molar refractivity (Wildman–Crippen MR) is 79.3 cm³/mol. The fourth-order valence-corrected chi connectivity index (χ4v) is 3.80. The van der Waals surface area contributed by atoms with Crippen molar-refractivity contribution in [3.63, 3.8) is 0 Å². The fraction of sp³-hybridized carbons (Fsp3) is 0.688. The van der Waals surface area contributed by atoms with Crippen LogP contribution in [0.15, 0.2) is 16.7 Å². The van der Waals surface area contributed by atoms with Crippen LogP contribution >= 0.6 is 0 Å². The number of piperidine rings is 1. The number of methoxy groups -OCH3 is 1. The first-order valence-corrected chi connectivity index (χ1v) is 7.76. The van der Waals surface area contributed by atoms with Gasteiger partial charge in [-0.15, -0.1) is 0 Å². The smallest absolute Gasteiger partial charge is 0.257 e. The van der Waals surface area contributed by atoms with Gasteiger partial charge in [0, 0.05) is 32.7 Å². The number of rotatable bonds is 3. The Morgan fingerprint density at radius 1 is 1.48 bits per heavy atom. The Balaban J connectivity index is 1.83. The maximum absolute atomic E-state index is 12.8. The van der Waals surface area contributed by atoms with Crippen LogP contribution in [0.25, 0.3) is 0 Å². The van der Waals surface area contributed by atoms with E-state index >= 15 is 0 Å². The van der Waals surface area contributed by atoms with Gasteiger partial charge in [0.15, 0.2) is 0 Å². The van der Waals surface area contributed by atoms with E-state index in [1.807, 2.05) is 11.8 Å². The Morgan fingerprint density at radius 3 is 2.90 bits per heavy atom. The van der Waals surface area contributed by atoms with Gasteiger partial charge in [0.25, 0.3) is 5.91 Å². The van der Waals surface area contributed by atoms with Crippen LogP contribution in [-0.4, -0.2) is 61.1 Å². The molecule has 5 nitrogen and oxygen atoms in total. The van der Waals surface area contributed by atoms with Gasteiger partial charge in [-0.25, -0.2) is 0 Å². The van der Waals surface area contributed by atoms with Crippen molar-refractivity contribution in [3.8, 4) is 0 Å². The molecule has 1 aromatic rings. The molecule has 1 amide bonds. The molecule has 21 heavy (non-hydrogen) atoms. The maximum Gasteiger partial charge on any atom is 0.257 e. The summed E-state index contributed by atoms with van der Waals surface area (Å²) in [5.41, 5.74) is 0.694. The topological polar surface area (TPSA) is 45.9 Å². The van der Waals surface area contributed by atoms with Gasteiger partial charge in [0.2, 0.25) is 0 Å². The summed E-state index contributed by atoms with van der Waals surface area (Å²) in [5, 5.41) is 0. The van der Waals surface area contributed by atoms with Crippen molar-refractivity contribution >= 4 is 5.91 Å². The lowest BCUT2D eigenvalue weighted by Gasteiger charge is -2.41. The number of carbonyl (C=O) groups excluding carboxylic acids is 1. The lowest BCUT2D eigenvalue weighted by atomic mass is 9.88. The number of likely N-dealkylation sites (tertiary alicyclic amines) is 2. The van der Waals surface area contributed by atoms with E-state index in [2.05, 4.69) is 11.8 Å². The molecule has 3 rings (SSSR count). The third-order valence-corrected chi connectivity index (χ3v) is 5.04. The molecule has 0 radical (unpaired) electrons. The minimum absolute atomic E-state index is 0.101. The van der Waals surface area contributed by atoms with E-state index in [0.29, 0.717) is 17.2 Å². The van der Waals surface area contributed by atoms with Crippen molar-refractivity contribution in [2.24, 2.45) is 5.92 Å². The minimum Gasteiger partial charge on any atom is -0.469 e. The zero-order valence-electron chi connectivity index (χ0n) is 13.0. The number of ether oxygens (including phenoxy) is 1. The Labute approximate surface area is 125 Å². The summed E-state index contributed by atoms with van der Waals surface area (Å²) < 4.78 is 10.9. The molecule has 5 heteroatoms. The molecule has 0 N–H and O–H groups in total. The van der Waals surface area contributed by atoms with Gasteiger partial charge in [-0.1, -0.05) is 6.92 Å². The summed E-state index contributed by atoms with van der Waals surface area (Å²) in [6, 6.07) is 2.03. The first kappa shape index (κ1) is 14.6. The maximum atomic E-state index is 12.8. The van der Waals surface area contributed by atoms with Gasteiger partial charge in [-0.3, -0.25) is 4.79 Å². The number of amides is 1. The van der Waals surface area contributed by atoms with Crippen LogP contribution in [0.5, 0.6) is 0 Å². The molecule has 3 heterocycles. The minimum atomic E-state index is 0.101. The van der Waals surface area contributed by atoms with Crippen LogP contribution < -0.4 is 0 Å². The molecule has 0 spiro atoms. The van der Waals surface area contributed by atoms with Gasteiger partial charge < -0.3 is 19.0 Å². The molecule has 2 saturated heterocycles. The molecule has 0 aliphatic carbocycles. The summed E-state index contributed by atoms with van der Waals surface area (Å²) in [6.45, 7) is 7.78. The summed E-state index contributed by atoms with van der Waals surface area (Å²) in [4.78, 5) is 17.3. The number of nitrogens with zero attached hydrogens (tertiary/aromatic N) is 2. The zero-order valence-corrected chi connectivity index (χ0v) is 13.0. The van der Waals surface area contributed by atoms with Crippen LogP contribution in [0, 0.1) is 12.8 Å². The van der Waals surface area contributed by atoms with E-state index in [1.165, 1.54) is 0 Å². The first-order chi connectivity index (χ1) is 10.2. The van der Waals surface area contributed by atoms with E-state index < -0.39 is 0 Å². The Hall–Kier alpha value is -1.33. The van der Waals surface area contributed by atoms with Crippen LogP contribution in [-0.2, 0) is 4.74 Å². The van der Waals surface area contributed by atoms with Crippen molar-refractivity contribution < 1.29 is 13.9 Å². The summed E-state index contributed by atoms with van der Waals surface area (Å²) in [7, 11) is 1.79. The van der Waals surface area contributed by atoms with Gasteiger partial charge in [0.1, 0.15) is 5.76 Å². The normalized spacial score (nSPS) is 29.7. The molecule has 2 aliphatic heterocycles. The molecule has 2 aliphatic rings. The van der Waals surface area contributed by atoms with Crippen molar-refractivity contribution in [2.45, 2.75) is 32.4 Å². The standard InChI is InChI=1S/C16H24N2O3/c1-4-17-9-13-14(10-17)18(7-5-15(13)20-3)16(19)12-6-8-21-11(12)2/h6,8,13-15H,4-5,7,9-10H2,1-3H3/t13-,14+,15+/m0/s1. The lowest BCUT2D eigenvalue weighted by Crippen LogP contribution is -2.53. The van der Waals surface area contributed by atoms with E-state index in [1.54, 1.807) is 19.4 Å². The quantitative estimate of drug-likeness (QED) is 0.852. The number of furan rings is 1. The van der Waals surface area contributed by atoms with E-state index in [0.717, 1.165) is 32.6 Å². The first-order valence-electron chi connectivity index (χ1n) is 7.76. The summed E-state index contributed by atoms with van der Waals surface area (Å²) >= 11 is 0.